The first-order valence-electron chi connectivity index (χ1n) is 2.91. The Bertz CT molecular complexity index is 404. The first-order chi connectivity index (χ1) is 5.41. The zero-order valence-corrected chi connectivity index (χ0v) is 8.19. The Morgan fingerprint density at radius 3 is 2.42 bits per heavy atom. The zero-order chi connectivity index (χ0) is 9.35. The second kappa shape index (κ2) is 3.02. The van der Waals surface area contributed by atoms with Crippen molar-refractivity contribution in [2.45, 2.75) is 4.90 Å². The minimum absolute atomic E-state index is 0.0966. The van der Waals surface area contributed by atoms with Gasteiger partial charge < -0.3 is 5.73 Å². The molecule has 0 unspecified atom stereocenters. The molecule has 0 atom stereocenters. The highest BCUT2D eigenvalue weighted by Crippen LogP contribution is 2.24. The van der Waals surface area contributed by atoms with Gasteiger partial charge in [0.15, 0.2) is 0 Å². The average molecular weight is 254 g/mol. The third-order valence-corrected chi connectivity index (χ3v) is 2.61. The Morgan fingerprint density at radius 2 is 2.00 bits per heavy atom. The number of nitrogen functional groups attached to an aromatic ring is 1. The van der Waals surface area contributed by atoms with Crippen molar-refractivity contribution >= 4 is 31.8 Å². The van der Waals surface area contributed by atoms with E-state index in [1.165, 1.54) is 12.1 Å². The van der Waals surface area contributed by atoms with Gasteiger partial charge in [0.05, 0.1) is 5.69 Å². The Kier molecular flexibility index (Phi) is 2.39. The molecule has 0 aliphatic heterocycles. The van der Waals surface area contributed by atoms with E-state index in [2.05, 4.69) is 15.9 Å². The molecule has 1 rings (SSSR count). The summed E-state index contributed by atoms with van der Waals surface area (Å²) < 4.78 is 33.8. The fourth-order valence-electron chi connectivity index (χ4n) is 0.719. The number of halogens is 2. The summed E-state index contributed by atoms with van der Waals surface area (Å²) in [5.74, 6) is 0. The van der Waals surface area contributed by atoms with E-state index in [1.54, 1.807) is 0 Å². The number of benzene rings is 1. The summed E-state index contributed by atoms with van der Waals surface area (Å²) in [5.41, 5.74) is 5.14. The fourth-order valence-corrected chi connectivity index (χ4v) is 1.85. The van der Waals surface area contributed by atoms with Crippen LogP contribution in [0, 0.1) is 0 Å². The van der Waals surface area contributed by atoms with Crippen molar-refractivity contribution in [2.24, 2.45) is 0 Å². The predicted octanol–water partition coefficient (Wildman–Crippen LogP) is 1.69. The summed E-state index contributed by atoms with van der Waals surface area (Å²) >= 11 is 3.00. The number of anilines is 1. The van der Waals surface area contributed by atoms with E-state index in [0.717, 1.165) is 6.07 Å². The molecule has 1 aromatic rings. The van der Waals surface area contributed by atoms with Crippen LogP contribution in [0.15, 0.2) is 27.6 Å². The van der Waals surface area contributed by atoms with Gasteiger partial charge in [-0.3, -0.25) is 0 Å². The number of hydrogen-bond donors (Lipinski definition) is 1. The Morgan fingerprint density at radius 1 is 1.42 bits per heavy atom. The van der Waals surface area contributed by atoms with Crippen LogP contribution in [0.4, 0.5) is 9.57 Å². The van der Waals surface area contributed by atoms with Crippen molar-refractivity contribution in [1.82, 2.24) is 0 Å². The maximum Gasteiger partial charge on any atom is 0.334 e. The Labute approximate surface area is 77.7 Å². The second-order valence-corrected chi connectivity index (χ2v) is 4.35. The van der Waals surface area contributed by atoms with Gasteiger partial charge in [-0.05, 0) is 18.2 Å². The van der Waals surface area contributed by atoms with Crippen LogP contribution in [-0.2, 0) is 10.2 Å². The number of hydrogen-bond acceptors (Lipinski definition) is 3. The predicted molar refractivity (Wildman–Crippen MR) is 46.8 cm³/mol. The van der Waals surface area contributed by atoms with Crippen LogP contribution in [-0.4, -0.2) is 8.42 Å². The van der Waals surface area contributed by atoms with Gasteiger partial charge in [0, 0.05) is 4.47 Å². The van der Waals surface area contributed by atoms with Gasteiger partial charge in [-0.15, -0.1) is 3.89 Å². The summed E-state index contributed by atoms with van der Waals surface area (Å²) in [6.45, 7) is 0. The van der Waals surface area contributed by atoms with Crippen LogP contribution in [0.2, 0.25) is 0 Å². The van der Waals surface area contributed by atoms with E-state index in [-0.39, 0.29) is 5.69 Å². The highest BCUT2D eigenvalue weighted by Gasteiger charge is 2.15. The molecule has 0 bridgehead atoms. The molecule has 0 spiro atoms. The first-order valence-corrected chi connectivity index (χ1v) is 5.08. The lowest BCUT2D eigenvalue weighted by atomic mass is 10.3. The molecule has 0 aromatic heterocycles. The Hall–Kier alpha value is -0.620. The normalized spacial score (nSPS) is 11.5. The van der Waals surface area contributed by atoms with Crippen LogP contribution < -0.4 is 5.73 Å². The molecule has 0 amide bonds. The van der Waals surface area contributed by atoms with Crippen LogP contribution in [0.3, 0.4) is 0 Å². The maximum absolute atomic E-state index is 12.4. The molecule has 3 nitrogen and oxygen atoms in total. The molecule has 0 aliphatic rings. The molecule has 12 heavy (non-hydrogen) atoms. The van der Waals surface area contributed by atoms with Crippen molar-refractivity contribution in [3.8, 4) is 0 Å². The number of nitrogens with two attached hydrogens (primary N) is 1. The van der Waals surface area contributed by atoms with Crippen molar-refractivity contribution in [3.63, 3.8) is 0 Å². The SMILES string of the molecule is Nc1ccc(Br)cc1S(=O)(=O)F. The molecule has 66 valence electrons. The fraction of sp³-hybridized carbons (Fsp3) is 0. The number of rotatable bonds is 1. The van der Waals surface area contributed by atoms with E-state index in [0.29, 0.717) is 4.47 Å². The van der Waals surface area contributed by atoms with E-state index in [1.807, 2.05) is 0 Å². The highest BCUT2D eigenvalue weighted by atomic mass is 79.9. The molecule has 0 aliphatic carbocycles. The van der Waals surface area contributed by atoms with E-state index in [9.17, 15) is 12.3 Å². The summed E-state index contributed by atoms with van der Waals surface area (Å²) in [6.07, 6.45) is 0. The van der Waals surface area contributed by atoms with E-state index < -0.39 is 15.1 Å². The van der Waals surface area contributed by atoms with Crippen LogP contribution >= 0.6 is 15.9 Å². The average Bonchev–Trinajstić information content (AvgIpc) is 1.92. The Balaban J connectivity index is 3.43. The molecule has 6 heteroatoms. The van der Waals surface area contributed by atoms with Gasteiger partial charge in [0.1, 0.15) is 4.90 Å². The van der Waals surface area contributed by atoms with Crippen LogP contribution in [0.1, 0.15) is 0 Å². The lowest BCUT2D eigenvalue weighted by molar-refractivity contribution is 0.552. The molecule has 0 heterocycles. The summed E-state index contributed by atoms with van der Waals surface area (Å²) in [7, 11) is -4.71. The van der Waals surface area contributed by atoms with E-state index in [4.69, 9.17) is 5.73 Å². The van der Waals surface area contributed by atoms with Crippen LogP contribution in [0.25, 0.3) is 0 Å². The summed E-state index contributed by atoms with van der Waals surface area (Å²) in [4.78, 5) is -0.503. The third-order valence-electron chi connectivity index (χ3n) is 1.24. The molecule has 0 fully saturated rings. The van der Waals surface area contributed by atoms with Crippen molar-refractivity contribution in [2.75, 3.05) is 5.73 Å². The molecule has 0 radical (unpaired) electrons. The van der Waals surface area contributed by atoms with Gasteiger partial charge in [-0.25, -0.2) is 0 Å². The molecule has 2 N–H and O–H groups in total. The topological polar surface area (TPSA) is 60.2 Å². The minimum Gasteiger partial charge on any atom is -0.398 e. The van der Waals surface area contributed by atoms with Gasteiger partial charge in [0.25, 0.3) is 0 Å². The largest absolute Gasteiger partial charge is 0.398 e. The lowest BCUT2D eigenvalue weighted by Gasteiger charge is -1.99. The minimum atomic E-state index is -4.71. The highest BCUT2D eigenvalue weighted by molar-refractivity contribution is 9.10. The first kappa shape index (κ1) is 9.47. The monoisotopic (exact) mass is 253 g/mol. The van der Waals surface area contributed by atoms with Crippen molar-refractivity contribution < 1.29 is 12.3 Å². The third kappa shape index (κ3) is 1.95. The van der Waals surface area contributed by atoms with Gasteiger partial charge in [0.2, 0.25) is 0 Å². The molecule has 0 saturated carbocycles. The van der Waals surface area contributed by atoms with Gasteiger partial charge >= 0.3 is 10.2 Å². The quantitative estimate of drug-likeness (QED) is 0.612. The van der Waals surface area contributed by atoms with Gasteiger partial charge in [-0.1, -0.05) is 15.9 Å². The molecule has 0 saturated heterocycles. The van der Waals surface area contributed by atoms with E-state index >= 15 is 0 Å². The zero-order valence-electron chi connectivity index (χ0n) is 5.79. The standard InChI is InChI=1S/C6H5BrFNO2S/c7-4-1-2-5(9)6(3-4)12(8,10)11/h1-3H,9H2. The second-order valence-electron chi connectivity index (χ2n) is 2.12. The molecular formula is C6H5BrFNO2S. The van der Waals surface area contributed by atoms with Crippen molar-refractivity contribution in [1.29, 1.82) is 0 Å². The maximum atomic E-state index is 12.4. The summed E-state index contributed by atoms with van der Waals surface area (Å²) in [5, 5.41) is 0. The molecule has 1 aromatic carbocycles. The van der Waals surface area contributed by atoms with Crippen molar-refractivity contribution in [3.05, 3.63) is 22.7 Å². The lowest BCUT2D eigenvalue weighted by Crippen LogP contribution is -1.98. The smallest absolute Gasteiger partial charge is 0.334 e. The van der Waals surface area contributed by atoms with Gasteiger partial charge in [-0.2, -0.15) is 8.42 Å². The molecular weight excluding hydrogens is 249 g/mol. The summed E-state index contributed by atoms with van der Waals surface area (Å²) in [6, 6.07) is 3.96. The van der Waals surface area contributed by atoms with Crippen LogP contribution in [0.5, 0.6) is 0 Å².